The first-order valence-electron chi connectivity index (χ1n) is 9.88. The zero-order valence-corrected chi connectivity index (χ0v) is 16.4. The Morgan fingerprint density at radius 2 is 2.23 bits per heavy atom. The SMILES string of the molecule is NO[C@@H]1CC2c3cc(F)ccc3OC[C@H](O)CNC(=O)c3cnn4ccc(nc34)N2C1. The fourth-order valence-corrected chi connectivity index (χ4v) is 4.09. The molecule has 0 radical (unpaired) electrons. The van der Waals surface area contributed by atoms with Crippen LogP contribution < -0.4 is 20.9 Å². The summed E-state index contributed by atoms with van der Waals surface area (Å²) in [5.41, 5.74) is 1.25. The molecule has 2 aliphatic rings. The monoisotopic (exact) mass is 428 g/mol. The molecule has 3 atom stereocenters. The summed E-state index contributed by atoms with van der Waals surface area (Å²) in [6.45, 7) is 0.318. The number of carbonyl (C=O) groups excluding carboxylic acids is 1. The van der Waals surface area contributed by atoms with Crippen LogP contribution in [0.4, 0.5) is 10.2 Å². The Kier molecular flexibility index (Phi) is 4.93. The summed E-state index contributed by atoms with van der Waals surface area (Å²) < 4.78 is 21.5. The smallest absolute Gasteiger partial charge is 0.256 e. The van der Waals surface area contributed by atoms with Crippen LogP contribution in [0.2, 0.25) is 0 Å². The van der Waals surface area contributed by atoms with Gasteiger partial charge in [0.15, 0.2) is 5.65 Å². The third kappa shape index (κ3) is 3.56. The van der Waals surface area contributed by atoms with Crippen molar-refractivity contribution in [3.63, 3.8) is 0 Å². The Balaban J connectivity index is 1.67. The summed E-state index contributed by atoms with van der Waals surface area (Å²) in [7, 11) is 0. The maximum Gasteiger partial charge on any atom is 0.256 e. The Morgan fingerprint density at radius 1 is 1.35 bits per heavy atom. The Labute approximate surface area is 176 Å². The van der Waals surface area contributed by atoms with E-state index in [0.29, 0.717) is 35.7 Å². The molecule has 2 bridgehead atoms. The predicted molar refractivity (Wildman–Crippen MR) is 107 cm³/mol. The van der Waals surface area contributed by atoms with Gasteiger partial charge in [-0.3, -0.25) is 9.63 Å². The van der Waals surface area contributed by atoms with Crippen molar-refractivity contribution in [3.05, 3.63) is 53.6 Å². The molecule has 10 nitrogen and oxygen atoms in total. The molecular formula is C20H21FN6O4. The van der Waals surface area contributed by atoms with E-state index < -0.39 is 17.8 Å². The number of aliphatic hydroxyl groups is 1. The standard InChI is InChI=1S/C20H21FN6O4/c21-11-1-2-17-14(5-11)16-6-13(31-22)9-26(16)18-3-4-27-19(25-18)15(8-24-27)20(29)23-7-12(28)10-30-17/h1-5,8,12-13,16,28H,6-7,9-10,22H2,(H,23,29)/t12-,13-,16?/m1/s1. The van der Waals surface area contributed by atoms with Gasteiger partial charge >= 0.3 is 0 Å². The molecule has 1 fully saturated rings. The quantitative estimate of drug-likeness (QED) is 0.480. The van der Waals surface area contributed by atoms with Crippen LogP contribution in [-0.4, -0.2) is 57.5 Å². The molecule has 1 amide bonds. The molecule has 11 heteroatoms. The maximum atomic E-state index is 14.2. The normalized spacial score (nSPS) is 23.8. The number of nitrogens with one attached hydrogen (secondary N) is 1. The number of aliphatic hydroxyl groups excluding tert-OH is 1. The molecule has 5 rings (SSSR count). The van der Waals surface area contributed by atoms with Crippen LogP contribution in [0.3, 0.4) is 0 Å². The van der Waals surface area contributed by atoms with Crippen molar-refractivity contribution in [2.45, 2.75) is 24.7 Å². The number of aromatic nitrogens is 3. The van der Waals surface area contributed by atoms with Crippen LogP contribution in [0.5, 0.6) is 5.75 Å². The van der Waals surface area contributed by atoms with Crippen molar-refractivity contribution >= 4 is 17.4 Å². The molecule has 3 aromatic rings. The van der Waals surface area contributed by atoms with Gasteiger partial charge in [-0.05, 0) is 24.3 Å². The van der Waals surface area contributed by atoms with Gasteiger partial charge in [-0.25, -0.2) is 19.8 Å². The third-order valence-electron chi connectivity index (χ3n) is 5.61. The van der Waals surface area contributed by atoms with Gasteiger partial charge < -0.3 is 20.1 Å². The molecule has 2 aliphatic heterocycles. The minimum atomic E-state index is -0.963. The highest BCUT2D eigenvalue weighted by molar-refractivity contribution is 5.99. The molecule has 0 spiro atoms. The zero-order valence-electron chi connectivity index (χ0n) is 16.4. The topological polar surface area (TPSA) is 127 Å². The molecule has 4 N–H and O–H groups in total. The highest BCUT2D eigenvalue weighted by atomic mass is 19.1. The van der Waals surface area contributed by atoms with Gasteiger partial charge in [0, 0.05) is 31.3 Å². The third-order valence-corrected chi connectivity index (χ3v) is 5.61. The maximum absolute atomic E-state index is 14.2. The number of fused-ring (bicyclic) bond motifs is 5. The number of hydrogen-bond acceptors (Lipinski definition) is 8. The molecule has 31 heavy (non-hydrogen) atoms. The Bertz CT molecular complexity index is 1140. The number of carbonyl (C=O) groups is 1. The lowest BCUT2D eigenvalue weighted by Gasteiger charge is -2.28. The van der Waals surface area contributed by atoms with Crippen LogP contribution in [0.1, 0.15) is 28.4 Å². The fraction of sp³-hybridized carbons (Fsp3) is 0.350. The second-order valence-corrected chi connectivity index (χ2v) is 7.63. The van der Waals surface area contributed by atoms with Crippen molar-refractivity contribution in [1.29, 1.82) is 0 Å². The van der Waals surface area contributed by atoms with Crippen molar-refractivity contribution in [1.82, 2.24) is 19.9 Å². The van der Waals surface area contributed by atoms with Gasteiger partial charge in [0.1, 0.15) is 35.7 Å². The highest BCUT2D eigenvalue weighted by Gasteiger charge is 2.37. The van der Waals surface area contributed by atoms with Crippen LogP contribution >= 0.6 is 0 Å². The minimum Gasteiger partial charge on any atom is -0.490 e. The molecule has 1 saturated heterocycles. The van der Waals surface area contributed by atoms with Gasteiger partial charge in [0.25, 0.3) is 5.91 Å². The molecular weight excluding hydrogens is 407 g/mol. The lowest BCUT2D eigenvalue weighted by Crippen LogP contribution is -2.35. The van der Waals surface area contributed by atoms with E-state index in [1.807, 2.05) is 4.90 Å². The number of halogens is 1. The molecule has 1 aromatic carbocycles. The molecule has 4 heterocycles. The van der Waals surface area contributed by atoms with Gasteiger partial charge in [-0.2, -0.15) is 5.10 Å². The molecule has 1 unspecified atom stereocenters. The van der Waals surface area contributed by atoms with Gasteiger partial charge in [0.2, 0.25) is 0 Å². The number of amides is 1. The highest BCUT2D eigenvalue weighted by Crippen LogP contribution is 2.40. The number of benzene rings is 1. The van der Waals surface area contributed by atoms with Crippen molar-refractivity contribution in [3.8, 4) is 5.75 Å². The van der Waals surface area contributed by atoms with Crippen LogP contribution in [0.15, 0.2) is 36.7 Å². The Morgan fingerprint density at radius 3 is 3.06 bits per heavy atom. The number of hydrogen-bond donors (Lipinski definition) is 3. The van der Waals surface area contributed by atoms with E-state index >= 15 is 0 Å². The van der Waals surface area contributed by atoms with Gasteiger partial charge in [-0.1, -0.05) is 0 Å². The summed E-state index contributed by atoms with van der Waals surface area (Å²) in [6, 6.07) is 5.67. The van der Waals surface area contributed by atoms with Crippen molar-refractivity contribution in [2.75, 3.05) is 24.6 Å². The minimum absolute atomic E-state index is 0.0228. The van der Waals surface area contributed by atoms with Gasteiger partial charge in [-0.15, -0.1) is 0 Å². The first kappa shape index (κ1) is 19.7. The van der Waals surface area contributed by atoms with E-state index in [-0.39, 0.29) is 30.9 Å². The lowest BCUT2D eigenvalue weighted by molar-refractivity contribution is 0.0665. The van der Waals surface area contributed by atoms with Crippen LogP contribution in [-0.2, 0) is 4.84 Å². The van der Waals surface area contributed by atoms with Crippen LogP contribution in [0, 0.1) is 5.82 Å². The number of rotatable bonds is 1. The molecule has 162 valence electrons. The van der Waals surface area contributed by atoms with Crippen LogP contribution in [0.25, 0.3) is 5.65 Å². The number of nitrogens with two attached hydrogens (primary N) is 1. The summed E-state index contributed by atoms with van der Waals surface area (Å²) in [5.74, 6) is 5.66. The summed E-state index contributed by atoms with van der Waals surface area (Å²) in [4.78, 5) is 24.3. The second-order valence-electron chi connectivity index (χ2n) is 7.63. The van der Waals surface area contributed by atoms with E-state index in [1.165, 1.54) is 28.9 Å². The number of ether oxygens (including phenoxy) is 1. The van der Waals surface area contributed by atoms with E-state index in [0.717, 1.165) is 0 Å². The average Bonchev–Trinajstić information content (AvgIpc) is 3.39. The van der Waals surface area contributed by atoms with Crippen molar-refractivity contribution < 1.29 is 23.9 Å². The second kappa shape index (κ2) is 7.76. The average molecular weight is 428 g/mol. The van der Waals surface area contributed by atoms with Gasteiger partial charge in [0.05, 0.1) is 18.3 Å². The fourth-order valence-electron chi connectivity index (χ4n) is 4.09. The number of β-amino-alcohol motifs (C(OH)–C–C–N with tert-alkyl or cyclic N) is 1. The summed E-state index contributed by atoms with van der Waals surface area (Å²) in [5, 5.41) is 17.1. The predicted octanol–water partition coefficient (Wildman–Crippen LogP) is 0.562. The molecule has 0 saturated carbocycles. The first-order valence-corrected chi connectivity index (χ1v) is 9.88. The number of nitrogens with zero attached hydrogens (tertiary/aromatic N) is 4. The van der Waals surface area contributed by atoms with E-state index in [1.54, 1.807) is 12.3 Å². The first-order chi connectivity index (χ1) is 15.0. The van der Waals surface area contributed by atoms with E-state index in [4.69, 9.17) is 15.5 Å². The molecule has 0 aliphatic carbocycles. The summed E-state index contributed by atoms with van der Waals surface area (Å²) >= 11 is 0. The Hall–Kier alpha value is -3.28. The van der Waals surface area contributed by atoms with E-state index in [2.05, 4.69) is 15.4 Å². The van der Waals surface area contributed by atoms with E-state index in [9.17, 15) is 14.3 Å². The largest absolute Gasteiger partial charge is 0.490 e. The summed E-state index contributed by atoms with van der Waals surface area (Å²) in [6.07, 6.45) is 2.33. The zero-order chi connectivity index (χ0) is 21.5. The van der Waals surface area contributed by atoms with Crippen molar-refractivity contribution in [2.24, 2.45) is 5.90 Å². The molecule has 2 aromatic heterocycles. The lowest BCUT2D eigenvalue weighted by atomic mass is 10.0. The number of anilines is 1.